The van der Waals surface area contributed by atoms with Crippen LogP contribution in [0.25, 0.3) is 11.8 Å². The maximum Gasteiger partial charge on any atom is 0.271 e. The second kappa shape index (κ2) is 8.84. The molecule has 1 unspecified atom stereocenters. The minimum absolute atomic E-state index is 0.123. The molecule has 36 heavy (non-hydrogen) atoms. The molecular formula is C29H24N2O4S. The van der Waals surface area contributed by atoms with Crippen molar-refractivity contribution in [1.82, 2.24) is 4.57 Å². The fourth-order valence-electron chi connectivity index (χ4n) is 5.12. The smallest absolute Gasteiger partial charge is 0.271 e. The number of nitrogens with zero attached hydrogens (tertiary/aromatic N) is 2. The van der Waals surface area contributed by atoms with E-state index in [2.05, 4.69) is 18.2 Å². The first kappa shape index (κ1) is 22.4. The monoisotopic (exact) mass is 496 g/mol. The van der Waals surface area contributed by atoms with Crippen molar-refractivity contribution < 1.29 is 14.6 Å². The van der Waals surface area contributed by atoms with Crippen molar-refractivity contribution in [2.75, 3.05) is 14.2 Å². The number of aromatic nitrogens is 1. The highest BCUT2D eigenvalue weighted by molar-refractivity contribution is 7.07. The van der Waals surface area contributed by atoms with Gasteiger partial charge in [0, 0.05) is 11.1 Å². The van der Waals surface area contributed by atoms with Crippen LogP contribution in [0.15, 0.2) is 82.1 Å². The number of aromatic hydroxyl groups is 1. The molecule has 1 atom stereocenters. The van der Waals surface area contributed by atoms with Crippen molar-refractivity contribution in [3.05, 3.63) is 114 Å². The Balaban J connectivity index is 1.66. The molecule has 2 aliphatic rings. The third-order valence-electron chi connectivity index (χ3n) is 6.77. The van der Waals surface area contributed by atoms with Gasteiger partial charge in [0.25, 0.3) is 5.56 Å². The number of phenolic OH excluding ortho intramolecular Hbond substituents is 1. The lowest BCUT2D eigenvalue weighted by atomic mass is 9.83. The van der Waals surface area contributed by atoms with Crippen LogP contribution in [0.2, 0.25) is 0 Å². The molecule has 0 saturated heterocycles. The molecule has 4 aromatic rings. The zero-order valence-electron chi connectivity index (χ0n) is 19.9. The Morgan fingerprint density at radius 1 is 1.03 bits per heavy atom. The number of phenols is 1. The molecule has 1 aliphatic heterocycles. The first-order chi connectivity index (χ1) is 17.6. The molecule has 0 bridgehead atoms. The van der Waals surface area contributed by atoms with Crippen LogP contribution in [0.3, 0.4) is 0 Å². The summed E-state index contributed by atoms with van der Waals surface area (Å²) in [5, 5.41) is 9.90. The summed E-state index contributed by atoms with van der Waals surface area (Å²) < 4.78 is 13.6. The highest BCUT2D eigenvalue weighted by atomic mass is 32.1. The Hall–Kier alpha value is -4.10. The molecule has 0 saturated carbocycles. The van der Waals surface area contributed by atoms with E-state index in [1.165, 1.54) is 16.9 Å². The third-order valence-corrected chi connectivity index (χ3v) is 7.76. The fourth-order valence-corrected chi connectivity index (χ4v) is 6.12. The predicted molar refractivity (Wildman–Crippen MR) is 140 cm³/mol. The largest absolute Gasteiger partial charge is 0.508 e. The number of benzene rings is 3. The minimum Gasteiger partial charge on any atom is -0.508 e. The third kappa shape index (κ3) is 3.63. The standard InChI is InChI=1S/C29H24N2O4S/c1-34-20-11-13-24(35-2)23(16-20)27-22-12-10-18-7-3-4-9-21(18)26(22)30-29-31(27)28(33)25(36-29)15-17-6-5-8-19(32)14-17/h3-9,11,13-16,27,32H,10,12H2,1-2H3/b25-15-. The van der Waals surface area contributed by atoms with Gasteiger partial charge in [0.05, 0.1) is 30.5 Å². The van der Waals surface area contributed by atoms with E-state index in [-0.39, 0.29) is 17.4 Å². The van der Waals surface area contributed by atoms with Crippen molar-refractivity contribution in [3.63, 3.8) is 0 Å². The number of allylic oxidation sites excluding steroid dienone is 1. The van der Waals surface area contributed by atoms with Gasteiger partial charge in [-0.15, -0.1) is 0 Å². The topological polar surface area (TPSA) is 73.1 Å². The molecule has 1 N–H and O–H groups in total. The molecule has 0 radical (unpaired) electrons. The van der Waals surface area contributed by atoms with Crippen molar-refractivity contribution in [1.29, 1.82) is 0 Å². The van der Waals surface area contributed by atoms with Gasteiger partial charge in [-0.05, 0) is 65.9 Å². The van der Waals surface area contributed by atoms with E-state index >= 15 is 0 Å². The van der Waals surface area contributed by atoms with Gasteiger partial charge in [0.15, 0.2) is 4.80 Å². The number of ether oxygens (including phenoxy) is 2. The molecule has 6 rings (SSSR count). The highest BCUT2D eigenvalue weighted by Crippen LogP contribution is 2.44. The second-order valence-electron chi connectivity index (χ2n) is 8.82. The lowest BCUT2D eigenvalue weighted by molar-refractivity contribution is 0.392. The average Bonchev–Trinajstić information content (AvgIpc) is 3.21. The normalized spacial score (nSPS) is 16.6. The van der Waals surface area contributed by atoms with Crippen molar-refractivity contribution in [2.24, 2.45) is 4.99 Å². The lowest BCUT2D eigenvalue weighted by Gasteiger charge is -2.31. The Kier molecular flexibility index (Phi) is 5.49. The fraction of sp³-hybridized carbons (Fsp3) is 0.172. The van der Waals surface area contributed by atoms with Gasteiger partial charge in [-0.25, -0.2) is 4.99 Å². The van der Waals surface area contributed by atoms with E-state index in [0.717, 1.165) is 40.8 Å². The van der Waals surface area contributed by atoms with E-state index in [9.17, 15) is 9.90 Å². The van der Waals surface area contributed by atoms with Gasteiger partial charge < -0.3 is 14.6 Å². The highest BCUT2D eigenvalue weighted by Gasteiger charge is 2.34. The summed E-state index contributed by atoms with van der Waals surface area (Å²) in [4.78, 5) is 19.6. The van der Waals surface area contributed by atoms with E-state index < -0.39 is 0 Å². The van der Waals surface area contributed by atoms with E-state index in [4.69, 9.17) is 14.5 Å². The number of methoxy groups -OCH3 is 2. The maximum atomic E-state index is 13.9. The van der Waals surface area contributed by atoms with Crippen LogP contribution in [0.5, 0.6) is 17.2 Å². The number of hydrogen-bond acceptors (Lipinski definition) is 6. The van der Waals surface area contributed by atoms with Gasteiger partial charge >= 0.3 is 0 Å². The molecule has 0 spiro atoms. The molecule has 2 heterocycles. The van der Waals surface area contributed by atoms with Crippen molar-refractivity contribution >= 4 is 23.1 Å². The average molecular weight is 497 g/mol. The molecule has 0 amide bonds. The molecule has 3 aromatic carbocycles. The summed E-state index contributed by atoms with van der Waals surface area (Å²) in [5.74, 6) is 1.54. The molecule has 6 nitrogen and oxygen atoms in total. The SMILES string of the molecule is COc1ccc(OC)c(C2C3=C(N=c4s/c(=C\c5cccc(O)c5)c(=O)n42)c2ccccc2CC3)c1. The molecule has 1 aliphatic carbocycles. The van der Waals surface area contributed by atoms with Crippen LogP contribution < -0.4 is 24.4 Å². The van der Waals surface area contributed by atoms with E-state index in [1.807, 2.05) is 30.3 Å². The molecule has 0 fully saturated rings. The van der Waals surface area contributed by atoms with Gasteiger partial charge in [-0.1, -0.05) is 47.7 Å². The lowest BCUT2D eigenvalue weighted by Crippen LogP contribution is -2.39. The number of fused-ring (bicyclic) bond motifs is 3. The Morgan fingerprint density at radius 2 is 1.89 bits per heavy atom. The summed E-state index contributed by atoms with van der Waals surface area (Å²) >= 11 is 1.36. The van der Waals surface area contributed by atoms with Crippen LogP contribution in [0.4, 0.5) is 0 Å². The predicted octanol–water partition coefficient (Wildman–Crippen LogP) is 4.04. The minimum atomic E-state index is -0.374. The van der Waals surface area contributed by atoms with Gasteiger partial charge in [-0.2, -0.15) is 0 Å². The molecule has 7 heteroatoms. The van der Waals surface area contributed by atoms with Crippen LogP contribution in [-0.2, 0) is 6.42 Å². The summed E-state index contributed by atoms with van der Waals surface area (Å²) in [5.41, 5.74) is 5.89. The number of aryl methyl sites for hydroxylation is 1. The maximum absolute atomic E-state index is 13.9. The molecule has 180 valence electrons. The van der Waals surface area contributed by atoms with Gasteiger partial charge in [0.1, 0.15) is 17.2 Å². The van der Waals surface area contributed by atoms with Crippen LogP contribution in [0.1, 0.15) is 34.7 Å². The van der Waals surface area contributed by atoms with Crippen LogP contribution in [-0.4, -0.2) is 23.9 Å². The second-order valence-corrected chi connectivity index (χ2v) is 9.83. The first-order valence-corrected chi connectivity index (χ1v) is 12.5. The zero-order valence-corrected chi connectivity index (χ0v) is 20.7. The Bertz CT molecular complexity index is 1710. The molecule has 1 aromatic heterocycles. The van der Waals surface area contributed by atoms with Gasteiger partial charge in [0.2, 0.25) is 0 Å². The van der Waals surface area contributed by atoms with E-state index in [0.29, 0.717) is 20.8 Å². The summed E-state index contributed by atoms with van der Waals surface area (Å²) in [7, 11) is 3.27. The van der Waals surface area contributed by atoms with Crippen LogP contribution in [0, 0.1) is 0 Å². The zero-order chi connectivity index (χ0) is 24.8. The van der Waals surface area contributed by atoms with Crippen molar-refractivity contribution in [2.45, 2.75) is 18.9 Å². The number of thiazole rings is 1. The number of hydrogen-bond donors (Lipinski definition) is 1. The molecular weight excluding hydrogens is 472 g/mol. The van der Waals surface area contributed by atoms with E-state index in [1.54, 1.807) is 43.1 Å². The van der Waals surface area contributed by atoms with Crippen molar-refractivity contribution in [3.8, 4) is 17.2 Å². The number of rotatable bonds is 4. The Morgan fingerprint density at radius 3 is 2.69 bits per heavy atom. The van der Waals surface area contributed by atoms with Gasteiger partial charge in [-0.3, -0.25) is 9.36 Å². The summed E-state index contributed by atoms with van der Waals surface area (Å²) in [6.45, 7) is 0. The first-order valence-electron chi connectivity index (χ1n) is 11.7. The summed E-state index contributed by atoms with van der Waals surface area (Å²) in [6, 6.07) is 20.5. The Labute approximate surface area is 211 Å². The summed E-state index contributed by atoms with van der Waals surface area (Å²) in [6.07, 6.45) is 3.47. The quantitative estimate of drug-likeness (QED) is 0.463. The van der Waals surface area contributed by atoms with Crippen LogP contribution >= 0.6 is 11.3 Å².